The van der Waals surface area contributed by atoms with Crippen molar-refractivity contribution in [2.24, 2.45) is 0 Å². The van der Waals surface area contributed by atoms with Crippen molar-refractivity contribution in [2.75, 3.05) is 13.7 Å². The fourth-order valence-electron chi connectivity index (χ4n) is 2.97. The quantitative estimate of drug-likeness (QED) is 0.872. The van der Waals surface area contributed by atoms with E-state index < -0.39 is 5.97 Å². The minimum Gasteiger partial charge on any atom is -0.496 e. The van der Waals surface area contributed by atoms with Gasteiger partial charge in [-0.2, -0.15) is 0 Å². The van der Waals surface area contributed by atoms with E-state index in [4.69, 9.17) is 21.4 Å². The second-order valence-corrected chi connectivity index (χ2v) is 5.88. The predicted molar refractivity (Wildman–Crippen MR) is 82.9 cm³/mol. The normalized spacial score (nSPS) is 19.4. The van der Waals surface area contributed by atoms with Crippen LogP contribution in [0.3, 0.4) is 0 Å². The fraction of sp³-hybridized carbons (Fsp3) is 0.562. The van der Waals surface area contributed by atoms with Crippen molar-refractivity contribution in [3.8, 4) is 5.75 Å². The number of benzene rings is 1. The number of rotatable bonds is 6. The van der Waals surface area contributed by atoms with Gasteiger partial charge in [0.1, 0.15) is 5.75 Å². The third kappa shape index (κ3) is 4.35. The van der Waals surface area contributed by atoms with Gasteiger partial charge in [-0.1, -0.05) is 24.1 Å². The molecule has 1 heterocycles. The van der Waals surface area contributed by atoms with E-state index in [0.29, 0.717) is 24.0 Å². The third-order valence-corrected chi connectivity index (χ3v) is 4.45. The second kappa shape index (κ2) is 7.66. The highest BCUT2D eigenvalue weighted by atomic mass is 35.5. The van der Waals surface area contributed by atoms with E-state index in [1.807, 2.05) is 18.2 Å². The highest BCUT2D eigenvalue weighted by Gasteiger charge is 2.24. The molecule has 5 heteroatoms. The molecule has 1 atom stereocenters. The lowest BCUT2D eigenvalue weighted by atomic mass is 9.97. The lowest BCUT2D eigenvalue weighted by molar-refractivity contribution is -0.137. The average molecular weight is 312 g/mol. The molecular formula is C16H22ClNO3. The fourth-order valence-corrected chi connectivity index (χ4v) is 3.20. The lowest BCUT2D eigenvalue weighted by Gasteiger charge is -2.36. The van der Waals surface area contributed by atoms with Crippen molar-refractivity contribution in [1.82, 2.24) is 4.90 Å². The first kappa shape index (κ1) is 16.1. The predicted octanol–water partition coefficient (Wildman–Crippen LogP) is 3.57. The number of ether oxygens (including phenoxy) is 1. The van der Waals surface area contributed by atoms with E-state index in [2.05, 4.69) is 4.90 Å². The summed E-state index contributed by atoms with van der Waals surface area (Å²) in [7, 11) is 1.65. The molecule has 0 saturated carbocycles. The molecule has 1 aliphatic rings. The van der Waals surface area contributed by atoms with Crippen LogP contribution >= 0.6 is 11.6 Å². The highest BCUT2D eigenvalue weighted by molar-refractivity contribution is 6.31. The summed E-state index contributed by atoms with van der Waals surface area (Å²) in [6.45, 7) is 1.70. The first-order valence-corrected chi connectivity index (χ1v) is 7.77. The molecule has 1 N–H and O–H groups in total. The molecule has 1 aromatic carbocycles. The van der Waals surface area contributed by atoms with Gasteiger partial charge in [0.2, 0.25) is 0 Å². The third-order valence-electron chi connectivity index (χ3n) is 4.10. The molecular weight excluding hydrogens is 290 g/mol. The Morgan fingerprint density at radius 2 is 2.29 bits per heavy atom. The molecule has 1 unspecified atom stereocenters. The average Bonchev–Trinajstić information content (AvgIpc) is 2.48. The second-order valence-electron chi connectivity index (χ2n) is 5.47. The van der Waals surface area contributed by atoms with Gasteiger partial charge in [0.15, 0.2) is 0 Å². The van der Waals surface area contributed by atoms with Crippen LogP contribution < -0.4 is 4.74 Å². The summed E-state index contributed by atoms with van der Waals surface area (Å²) in [5.74, 6) is 0.0703. The molecule has 2 rings (SSSR count). The number of hydrogen-bond donors (Lipinski definition) is 1. The summed E-state index contributed by atoms with van der Waals surface area (Å²) in [4.78, 5) is 13.1. The Labute approximate surface area is 130 Å². The van der Waals surface area contributed by atoms with E-state index in [0.717, 1.165) is 30.7 Å². The van der Waals surface area contributed by atoms with Crippen LogP contribution in [0.2, 0.25) is 5.02 Å². The van der Waals surface area contributed by atoms with Gasteiger partial charge in [0, 0.05) is 29.6 Å². The number of nitrogens with zero attached hydrogens (tertiary/aromatic N) is 1. The molecule has 1 saturated heterocycles. The van der Waals surface area contributed by atoms with E-state index >= 15 is 0 Å². The van der Waals surface area contributed by atoms with Gasteiger partial charge >= 0.3 is 5.97 Å². The van der Waals surface area contributed by atoms with Crippen LogP contribution in [0.1, 0.15) is 37.7 Å². The maximum absolute atomic E-state index is 10.8. The smallest absolute Gasteiger partial charge is 0.303 e. The number of halogens is 1. The standard InChI is InChI=1S/C16H22ClNO3/c1-21-15-7-4-6-14(17)13(15)11-18-10-3-2-5-12(18)8-9-16(19)20/h4,6-7,12H,2-3,5,8-11H2,1H3,(H,19,20). The molecule has 21 heavy (non-hydrogen) atoms. The molecule has 0 spiro atoms. The van der Waals surface area contributed by atoms with Gasteiger partial charge in [-0.15, -0.1) is 0 Å². The van der Waals surface area contributed by atoms with Gasteiger partial charge in [0.25, 0.3) is 0 Å². The van der Waals surface area contributed by atoms with Crippen molar-refractivity contribution >= 4 is 17.6 Å². The Morgan fingerprint density at radius 3 is 3.00 bits per heavy atom. The van der Waals surface area contributed by atoms with E-state index in [9.17, 15) is 4.79 Å². The zero-order valence-corrected chi connectivity index (χ0v) is 13.1. The Morgan fingerprint density at radius 1 is 1.48 bits per heavy atom. The van der Waals surface area contributed by atoms with Crippen molar-refractivity contribution in [1.29, 1.82) is 0 Å². The van der Waals surface area contributed by atoms with Crippen LogP contribution in [0.25, 0.3) is 0 Å². The summed E-state index contributed by atoms with van der Waals surface area (Å²) in [6.07, 6.45) is 4.29. The summed E-state index contributed by atoms with van der Waals surface area (Å²) in [5.41, 5.74) is 0.990. The minimum absolute atomic E-state index is 0.223. The van der Waals surface area contributed by atoms with Crippen LogP contribution in [-0.4, -0.2) is 35.7 Å². The van der Waals surface area contributed by atoms with Crippen LogP contribution in [0.5, 0.6) is 5.75 Å². The van der Waals surface area contributed by atoms with Crippen molar-refractivity contribution in [2.45, 2.75) is 44.7 Å². The number of carboxylic acid groups (broad SMARTS) is 1. The summed E-state index contributed by atoms with van der Waals surface area (Å²) in [5, 5.41) is 9.59. The first-order valence-electron chi connectivity index (χ1n) is 7.39. The van der Waals surface area contributed by atoms with Crippen LogP contribution in [0, 0.1) is 0 Å². The van der Waals surface area contributed by atoms with E-state index in [1.165, 1.54) is 6.42 Å². The van der Waals surface area contributed by atoms with Crippen LogP contribution in [-0.2, 0) is 11.3 Å². The molecule has 0 bridgehead atoms. The molecule has 0 aromatic heterocycles. The van der Waals surface area contributed by atoms with Gasteiger partial charge in [0.05, 0.1) is 7.11 Å². The number of aliphatic carboxylic acids is 1. The largest absolute Gasteiger partial charge is 0.496 e. The van der Waals surface area contributed by atoms with Crippen LogP contribution in [0.4, 0.5) is 0 Å². The Bertz CT molecular complexity index is 492. The molecule has 0 radical (unpaired) electrons. The Balaban J connectivity index is 2.10. The lowest BCUT2D eigenvalue weighted by Crippen LogP contribution is -2.39. The molecule has 1 aliphatic heterocycles. The molecule has 0 amide bonds. The number of piperidine rings is 1. The number of carbonyl (C=O) groups is 1. The van der Waals surface area contributed by atoms with Crippen molar-refractivity contribution in [3.05, 3.63) is 28.8 Å². The van der Waals surface area contributed by atoms with E-state index in [1.54, 1.807) is 7.11 Å². The summed E-state index contributed by atoms with van der Waals surface area (Å²) < 4.78 is 5.40. The number of methoxy groups -OCH3 is 1. The molecule has 1 aromatic rings. The minimum atomic E-state index is -0.726. The summed E-state index contributed by atoms with van der Waals surface area (Å²) in [6, 6.07) is 5.98. The zero-order valence-electron chi connectivity index (χ0n) is 12.3. The summed E-state index contributed by atoms with van der Waals surface area (Å²) >= 11 is 6.30. The Hall–Kier alpha value is -1.26. The van der Waals surface area contributed by atoms with Crippen molar-refractivity contribution < 1.29 is 14.6 Å². The van der Waals surface area contributed by atoms with Gasteiger partial charge in [-0.25, -0.2) is 0 Å². The van der Waals surface area contributed by atoms with E-state index in [-0.39, 0.29) is 6.42 Å². The monoisotopic (exact) mass is 311 g/mol. The molecule has 4 nitrogen and oxygen atoms in total. The molecule has 116 valence electrons. The highest BCUT2D eigenvalue weighted by Crippen LogP contribution is 2.30. The number of hydrogen-bond acceptors (Lipinski definition) is 3. The maximum Gasteiger partial charge on any atom is 0.303 e. The van der Waals surface area contributed by atoms with Crippen LogP contribution in [0.15, 0.2) is 18.2 Å². The molecule has 1 fully saturated rings. The number of likely N-dealkylation sites (tertiary alicyclic amines) is 1. The first-order chi connectivity index (χ1) is 10.1. The SMILES string of the molecule is COc1cccc(Cl)c1CN1CCCCC1CCC(=O)O. The van der Waals surface area contributed by atoms with Gasteiger partial charge in [-0.3, -0.25) is 9.69 Å². The van der Waals surface area contributed by atoms with Crippen molar-refractivity contribution in [3.63, 3.8) is 0 Å². The Kier molecular flexibility index (Phi) is 5.88. The van der Waals surface area contributed by atoms with Gasteiger partial charge in [-0.05, 0) is 37.9 Å². The topological polar surface area (TPSA) is 49.8 Å². The number of carboxylic acids is 1. The van der Waals surface area contributed by atoms with Gasteiger partial charge < -0.3 is 9.84 Å². The molecule has 0 aliphatic carbocycles. The maximum atomic E-state index is 10.8. The zero-order chi connectivity index (χ0) is 15.2.